The van der Waals surface area contributed by atoms with Gasteiger partial charge in [-0.15, -0.1) is 11.3 Å². The van der Waals surface area contributed by atoms with Crippen LogP contribution in [0, 0.1) is 13.8 Å². The first kappa shape index (κ1) is 22.8. The zero-order valence-corrected chi connectivity index (χ0v) is 20.5. The van der Waals surface area contributed by atoms with Crippen LogP contribution in [-0.4, -0.2) is 21.9 Å². The number of amides is 2. The van der Waals surface area contributed by atoms with Crippen molar-refractivity contribution in [1.82, 2.24) is 10.3 Å². The van der Waals surface area contributed by atoms with Gasteiger partial charge in [-0.1, -0.05) is 25.1 Å². The summed E-state index contributed by atoms with van der Waals surface area (Å²) in [6.45, 7) is 7.62. The molecule has 2 amide bonds. The number of rotatable bonds is 5. The van der Waals surface area contributed by atoms with Gasteiger partial charge in [0.15, 0.2) is 10.2 Å². The third-order valence-electron chi connectivity index (χ3n) is 5.51. The van der Waals surface area contributed by atoms with E-state index >= 15 is 0 Å². The molecule has 0 radical (unpaired) electrons. The molecular weight excluding hydrogens is 452 g/mol. The monoisotopic (exact) mass is 476 g/mol. The molecule has 3 aromatic rings. The first-order chi connectivity index (χ1) is 15.8. The van der Waals surface area contributed by atoms with Gasteiger partial charge in [0.1, 0.15) is 5.70 Å². The Kier molecular flexibility index (Phi) is 6.40. The minimum absolute atomic E-state index is 0.134. The van der Waals surface area contributed by atoms with E-state index in [1.165, 1.54) is 23.2 Å². The molecule has 6 nitrogen and oxygen atoms in total. The van der Waals surface area contributed by atoms with Gasteiger partial charge in [-0.25, -0.2) is 4.98 Å². The Morgan fingerprint density at radius 1 is 1.21 bits per heavy atom. The second kappa shape index (κ2) is 9.25. The molecule has 1 fully saturated rings. The molecule has 0 aliphatic carbocycles. The predicted octanol–water partition coefficient (Wildman–Crippen LogP) is 5.27. The number of benzene rings is 2. The minimum atomic E-state index is -0.236. The SMILES string of the molecule is CCc1cccc(N2C(=O)/C(=C\c3csc(N(C(C)=O)c4ccc(C)c(C)c4)n3)NC2=S)c1. The lowest BCUT2D eigenvalue weighted by atomic mass is 10.1. The maximum Gasteiger partial charge on any atom is 0.281 e. The van der Waals surface area contributed by atoms with E-state index in [-0.39, 0.29) is 11.8 Å². The fraction of sp³-hybridized carbons (Fsp3) is 0.200. The van der Waals surface area contributed by atoms with E-state index in [1.54, 1.807) is 11.0 Å². The van der Waals surface area contributed by atoms with Crippen molar-refractivity contribution >= 4 is 63.1 Å². The molecule has 0 bridgehead atoms. The van der Waals surface area contributed by atoms with Gasteiger partial charge in [0.05, 0.1) is 17.1 Å². The highest BCUT2D eigenvalue weighted by Crippen LogP contribution is 2.31. The van der Waals surface area contributed by atoms with Crippen LogP contribution in [0.2, 0.25) is 0 Å². The van der Waals surface area contributed by atoms with Crippen molar-refractivity contribution in [2.75, 3.05) is 9.80 Å². The van der Waals surface area contributed by atoms with Crippen molar-refractivity contribution in [2.45, 2.75) is 34.1 Å². The summed E-state index contributed by atoms with van der Waals surface area (Å²) in [6.07, 6.45) is 2.53. The van der Waals surface area contributed by atoms with Gasteiger partial charge in [0, 0.05) is 12.3 Å². The van der Waals surface area contributed by atoms with Crippen molar-refractivity contribution in [3.8, 4) is 0 Å². The van der Waals surface area contributed by atoms with Crippen LogP contribution in [0.25, 0.3) is 6.08 Å². The standard InChI is InChI=1S/C25H24N4O2S2/c1-5-18-7-6-8-20(12-18)29-23(31)22(27-24(29)32)13-19-14-33-25(26-19)28(17(4)30)21-10-9-15(2)16(3)11-21/h6-14H,5H2,1-4H3,(H,27,32)/b22-13+. The van der Waals surface area contributed by atoms with Crippen molar-refractivity contribution < 1.29 is 9.59 Å². The molecule has 0 spiro atoms. The molecule has 2 aromatic carbocycles. The summed E-state index contributed by atoms with van der Waals surface area (Å²) in [4.78, 5) is 33.2. The van der Waals surface area contributed by atoms with Crippen LogP contribution < -0.4 is 15.1 Å². The molecule has 1 N–H and O–H groups in total. The van der Waals surface area contributed by atoms with Crippen LogP contribution in [0.5, 0.6) is 0 Å². The zero-order valence-electron chi connectivity index (χ0n) is 18.9. The van der Waals surface area contributed by atoms with Crippen LogP contribution in [0.15, 0.2) is 53.5 Å². The van der Waals surface area contributed by atoms with E-state index in [4.69, 9.17) is 12.2 Å². The second-order valence-electron chi connectivity index (χ2n) is 7.83. The fourth-order valence-corrected chi connectivity index (χ4v) is 4.71. The molecule has 1 aliphatic heterocycles. The van der Waals surface area contributed by atoms with Crippen molar-refractivity contribution in [3.05, 3.63) is 75.9 Å². The molecule has 4 rings (SSSR count). The van der Waals surface area contributed by atoms with Crippen LogP contribution >= 0.6 is 23.6 Å². The molecule has 1 aromatic heterocycles. The number of thiazole rings is 1. The quantitative estimate of drug-likeness (QED) is 0.401. The Labute approximate surface area is 202 Å². The van der Waals surface area contributed by atoms with Gasteiger partial charge in [-0.3, -0.25) is 19.4 Å². The first-order valence-electron chi connectivity index (χ1n) is 10.6. The average molecular weight is 477 g/mol. The highest BCUT2D eigenvalue weighted by molar-refractivity contribution is 7.80. The number of hydrogen-bond donors (Lipinski definition) is 1. The van der Waals surface area contributed by atoms with E-state index in [9.17, 15) is 9.59 Å². The van der Waals surface area contributed by atoms with Gasteiger partial charge in [-0.2, -0.15) is 0 Å². The summed E-state index contributed by atoms with van der Waals surface area (Å²) in [5, 5.41) is 5.68. The van der Waals surface area contributed by atoms with Gasteiger partial charge < -0.3 is 5.32 Å². The van der Waals surface area contributed by atoms with Crippen molar-refractivity contribution in [1.29, 1.82) is 0 Å². The van der Waals surface area contributed by atoms with E-state index in [0.29, 0.717) is 21.6 Å². The number of carbonyl (C=O) groups is 2. The Hall–Kier alpha value is -3.36. The number of carbonyl (C=O) groups excluding carboxylic acids is 2. The molecule has 1 aliphatic rings. The molecule has 1 saturated heterocycles. The third kappa shape index (κ3) is 4.58. The highest BCUT2D eigenvalue weighted by atomic mass is 32.1. The number of nitrogens with zero attached hydrogens (tertiary/aromatic N) is 3. The topological polar surface area (TPSA) is 65.5 Å². The lowest BCUT2D eigenvalue weighted by Gasteiger charge is -2.19. The van der Waals surface area contributed by atoms with Gasteiger partial charge >= 0.3 is 0 Å². The Morgan fingerprint density at radius 2 is 2.00 bits per heavy atom. The molecule has 0 atom stereocenters. The number of thiocarbonyl (C=S) groups is 1. The molecule has 33 heavy (non-hydrogen) atoms. The maximum absolute atomic E-state index is 13.1. The Morgan fingerprint density at radius 3 is 2.70 bits per heavy atom. The van der Waals surface area contributed by atoms with E-state index < -0.39 is 0 Å². The zero-order chi connectivity index (χ0) is 23.7. The number of aromatic nitrogens is 1. The van der Waals surface area contributed by atoms with E-state index in [2.05, 4.69) is 17.2 Å². The van der Waals surface area contributed by atoms with Crippen LogP contribution in [0.1, 0.15) is 36.2 Å². The molecule has 168 valence electrons. The number of anilines is 3. The summed E-state index contributed by atoms with van der Waals surface area (Å²) in [6, 6.07) is 13.6. The van der Waals surface area contributed by atoms with Crippen LogP contribution in [0.4, 0.5) is 16.5 Å². The summed E-state index contributed by atoms with van der Waals surface area (Å²) in [5.41, 5.74) is 5.79. The normalized spacial score (nSPS) is 14.7. The predicted molar refractivity (Wildman–Crippen MR) is 138 cm³/mol. The second-order valence-corrected chi connectivity index (χ2v) is 9.05. The molecule has 2 heterocycles. The van der Waals surface area contributed by atoms with Crippen LogP contribution in [-0.2, 0) is 16.0 Å². The van der Waals surface area contributed by atoms with Crippen molar-refractivity contribution in [2.24, 2.45) is 0 Å². The highest BCUT2D eigenvalue weighted by Gasteiger charge is 2.32. The summed E-state index contributed by atoms with van der Waals surface area (Å²) in [7, 11) is 0. The Balaban J connectivity index is 1.62. The summed E-state index contributed by atoms with van der Waals surface area (Å²) in [5.74, 6) is -0.370. The molecule has 0 saturated carbocycles. The number of aryl methyl sites for hydroxylation is 3. The van der Waals surface area contributed by atoms with Gasteiger partial charge in [0.25, 0.3) is 5.91 Å². The molecule has 0 unspecified atom stereocenters. The third-order valence-corrected chi connectivity index (χ3v) is 6.64. The summed E-state index contributed by atoms with van der Waals surface area (Å²) >= 11 is 6.76. The number of hydrogen-bond acceptors (Lipinski definition) is 5. The maximum atomic E-state index is 13.1. The smallest absolute Gasteiger partial charge is 0.281 e. The Bertz CT molecular complexity index is 1300. The summed E-state index contributed by atoms with van der Waals surface area (Å²) < 4.78 is 0. The lowest BCUT2D eigenvalue weighted by Crippen LogP contribution is -2.30. The first-order valence-corrected chi connectivity index (χ1v) is 11.9. The average Bonchev–Trinajstić information content (AvgIpc) is 3.34. The van der Waals surface area contributed by atoms with Crippen molar-refractivity contribution in [3.63, 3.8) is 0 Å². The fourth-order valence-electron chi connectivity index (χ4n) is 3.57. The largest absolute Gasteiger partial charge is 0.327 e. The molecule has 8 heteroatoms. The van der Waals surface area contributed by atoms with Crippen LogP contribution in [0.3, 0.4) is 0 Å². The van der Waals surface area contributed by atoms with E-state index in [0.717, 1.165) is 34.5 Å². The number of nitrogens with one attached hydrogen (secondary N) is 1. The van der Waals surface area contributed by atoms with Gasteiger partial charge in [-0.05, 0) is 79.5 Å². The molecular formula is C25H24N4O2S2. The van der Waals surface area contributed by atoms with Gasteiger partial charge in [0.2, 0.25) is 5.91 Å². The lowest BCUT2D eigenvalue weighted by molar-refractivity contribution is -0.116. The van der Waals surface area contributed by atoms with E-state index in [1.807, 2.05) is 61.7 Å². The minimum Gasteiger partial charge on any atom is -0.327 e.